The molecule has 184 valence electrons. The topological polar surface area (TPSA) is 72.2 Å². The van der Waals surface area contributed by atoms with Gasteiger partial charge in [0.2, 0.25) is 5.91 Å². The molecule has 1 aliphatic heterocycles. The number of benzene rings is 2. The molecule has 4 aromatic rings. The lowest BCUT2D eigenvalue weighted by Crippen LogP contribution is -2.44. The summed E-state index contributed by atoms with van der Waals surface area (Å²) in [6.07, 6.45) is 6.12. The van der Waals surface area contributed by atoms with Crippen molar-refractivity contribution in [3.63, 3.8) is 0 Å². The van der Waals surface area contributed by atoms with Crippen LogP contribution in [0.25, 0.3) is 11.5 Å². The van der Waals surface area contributed by atoms with Crippen LogP contribution in [0, 0.1) is 23.4 Å². The fourth-order valence-corrected chi connectivity index (χ4v) is 4.36. The molecular formula is C26H22F3N5O2. The minimum Gasteiger partial charge on any atom is -0.338 e. The van der Waals surface area contributed by atoms with Gasteiger partial charge in [-0.05, 0) is 61.4 Å². The Labute approximate surface area is 204 Å². The fraction of sp³-hybridized carbons (Fsp3) is 0.192. The zero-order valence-electron chi connectivity index (χ0n) is 19.1. The highest BCUT2D eigenvalue weighted by Crippen LogP contribution is 2.25. The van der Waals surface area contributed by atoms with E-state index in [1.807, 2.05) is 12.1 Å². The maximum atomic E-state index is 14.0. The van der Waals surface area contributed by atoms with Crippen LogP contribution in [0.5, 0.6) is 0 Å². The molecular weight excluding hydrogens is 471 g/mol. The Balaban J connectivity index is 1.39. The molecule has 0 aliphatic carbocycles. The van der Waals surface area contributed by atoms with Gasteiger partial charge in [0.15, 0.2) is 5.82 Å². The van der Waals surface area contributed by atoms with Gasteiger partial charge < -0.3 is 14.8 Å². The Morgan fingerprint density at radius 3 is 2.42 bits per heavy atom. The second kappa shape index (κ2) is 9.73. The van der Waals surface area contributed by atoms with E-state index in [1.54, 1.807) is 38.7 Å². The zero-order valence-corrected chi connectivity index (χ0v) is 19.1. The number of aromatic nitrogens is 3. The van der Waals surface area contributed by atoms with Crippen LogP contribution < -0.4 is 5.32 Å². The van der Waals surface area contributed by atoms with Gasteiger partial charge in [-0.3, -0.25) is 9.59 Å². The third-order valence-electron chi connectivity index (χ3n) is 6.16. The first-order valence-corrected chi connectivity index (χ1v) is 11.4. The lowest BCUT2D eigenvalue weighted by Gasteiger charge is -2.32. The molecule has 0 spiro atoms. The minimum atomic E-state index is -0.864. The predicted octanol–water partition coefficient (Wildman–Crippen LogP) is 4.57. The van der Waals surface area contributed by atoms with E-state index in [9.17, 15) is 22.8 Å². The number of nitrogens with zero attached hydrogens (tertiary/aromatic N) is 4. The third kappa shape index (κ3) is 4.61. The number of halogens is 3. The van der Waals surface area contributed by atoms with Crippen LogP contribution in [-0.4, -0.2) is 44.2 Å². The lowest BCUT2D eigenvalue weighted by atomic mass is 9.96. The summed E-state index contributed by atoms with van der Waals surface area (Å²) in [7, 11) is 0. The number of anilines is 1. The molecule has 1 N–H and O–H groups in total. The Hall–Kier alpha value is -4.34. The lowest BCUT2D eigenvalue weighted by molar-refractivity contribution is -0.121. The molecule has 0 unspecified atom stereocenters. The average Bonchev–Trinajstić information content (AvgIpc) is 3.56. The second-order valence-electron chi connectivity index (χ2n) is 8.56. The highest BCUT2D eigenvalue weighted by Gasteiger charge is 2.32. The normalized spacial score (nSPS) is 15.6. The molecule has 0 radical (unpaired) electrons. The number of rotatable bonds is 5. The molecule has 1 saturated heterocycles. The van der Waals surface area contributed by atoms with Crippen LogP contribution in [-0.2, 0) is 4.79 Å². The summed E-state index contributed by atoms with van der Waals surface area (Å²) < 4.78 is 43.9. The summed E-state index contributed by atoms with van der Waals surface area (Å²) >= 11 is 0. The number of carbonyl (C=O) groups excluding carboxylic acids is 2. The first kappa shape index (κ1) is 23.4. The van der Waals surface area contributed by atoms with Gasteiger partial charge in [-0.1, -0.05) is 0 Å². The van der Waals surface area contributed by atoms with E-state index in [0.29, 0.717) is 42.5 Å². The fourth-order valence-electron chi connectivity index (χ4n) is 4.36. The van der Waals surface area contributed by atoms with Gasteiger partial charge in [-0.15, -0.1) is 0 Å². The largest absolute Gasteiger partial charge is 0.338 e. The van der Waals surface area contributed by atoms with E-state index < -0.39 is 23.5 Å². The first-order chi connectivity index (χ1) is 17.4. The summed E-state index contributed by atoms with van der Waals surface area (Å²) in [6.45, 7) is 0.584. The number of amides is 2. The smallest absolute Gasteiger partial charge is 0.259 e. The molecule has 3 heterocycles. The molecule has 7 nitrogen and oxygen atoms in total. The van der Waals surface area contributed by atoms with Gasteiger partial charge in [-0.2, -0.15) is 5.10 Å². The summed E-state index contributed by atoms with van der Waals surface area (Å²) in [6, 6.07) is 12.3. The number of hydrogen-bond donors (Lipinski definition) is 1. The average molecular weight is 493 g/mol. The van der Waals surface area contributed by atoms with Crippen molar-refractivity contribution in [3.8, 4) is 11.5 Å². The molecule has 1 fully saturated rings. The molecule has 1 aliphatic rings. The number of likely N-dealkylation sites (tertiary alicyclic amines) is 1. The van der Waals surface area contributed by atoms with Crippen molar-refractivity contribution >= 4 is 17.5 Å². The van der Waals surface area contributed by atoms with Gasteiger partial charge in [0, 0.05) is 31.5 Å². The van der Waals surface area contributed by atoms with Gasteiger partial charge in [-0.25, -0.2) is 17.9 Å². The number of carbonyl (C=O) groups is 2. The van der Waals surface area contributed by atoms with Crippen molar-refractivity contribution in [2.24, 2.45) is 5.92 Å². The SMILES string of the molecule is O=C(Nc1ccc(F)cc1F)[C@H]1CCCN(C(=O)c2cnn(-c3ccc(F)cc3)c2-n2cccc2)C1. The summed E-state index contributed by atoms with van der Waals surface area (Å²) in [5.41, 5.74) is 0.790. The quantitative estimate of drug-likeness (QED) is 0.443. The molecule has 0 bridgehead atoms. The third-order valence-corrected chi connectivity index (χ3v) is 6.16. The summed E-state index contributed by atoms with van der Waals surface area (Å²) in [5, 5.41) is 6.89. The van der Waals surface area contributed by atoms with E-state index in [2.05, 4.69) is 10.4 Å². The van der Waals surface area contributed by atoms with Crippen LogP contribution >= 0.6 is 0 Å². The van der Waals surface area contributed by atoms with E-state index in [4.69, 9.17) is 0 Å². The second-order valence-corrected chi connectivity index (χ2v) is 8.56. The van der Waals surface area contributed by atoms with E-state index in [0.717, 1.165) is 6.07 Å². The summed E-state index contributed by atoms with van der Waals surface area (Å²) in [5.74, 6) is -2.81. The van der Waals surface area contributed by atoms with Crippen LogP contribution in [0.1, 0.15) is 23.2 Å². The van der Waals surface area contributed by atoms with E-state index in [-0.39, 0.29) is 24.0 Å². The Morgan fingerprint density at radius 2 is 1.69 bits per heavy atom. The van der Waals surface area contributed by atoms with Crippen molar-refractivity contribution in [2.45, 2.75) is 12.8 Å². The predicted molar refractivity (Wildman–Crippen MR) is 126 cm³/mol. The summed E-state index contributed by atoms with van der Waals surface area (Å²) in [4.78, 5) is 28.0. The molecule has 36 heavy (non-hydrogen) atoms. The van der Waals surface area contributed by atoms with E-state index in [1.165, 1.54) is 24.4 Å². The molecule has 2 aromatic carbocycles. The number of nitrogens with one attached hydrogen (secondary N) is 1. The minimum absolute atomic E-state index is 0.111. The number of hydrogen-bond acceptors (Lipinski definition) is 3. The van der Waals surface area contributed by atoms with Gasteiger partial charge in [0.1, 0.15) is 23.0 Å². The molecule has 0 saturated carbocycles. The van der Waals surface area contributed by atoms with Crippen LogP contribution in [0.2, 0.25) is 0 Å². The van der Waals surface area contributed by atoms with Crippen LogP contribution in [0.15, 0.2) is 73.2 Å². The Bertz CT molecular complexity index is 1400. The standard InChI is InChI=1S/C26H22F3N5O2/c27-18-5-8-20(9-6-18)34-25(32-11-1-2-12-32)21(15-30-34)26(36)33-13-3-4-17(16-33)24(35)31-23-10-7-19(28)14-22(23)29/h1-2,5-12,14-15,17H,3-4,13,16H2,(H,31,35)/t17-/m0/s1. The van der Waals surface area contributed by atoms with Crippen molar-refractivity contribution in [3.05, 3.63) is 96.2 Å². The molecule has 1 atom stereocenters. The Morgan fingerprint density at radius 1 is 0.972 bits per heavy atom. The highest BCUT2D eigenvalue weighted by molar-refractivity contribution is 5.98. The van der Waals surface area contributed by atoms with Crippen LogP contribution in [0.3, 0.4) is 0 Å². The first-order valence-electron chi connectivity index (χ1n) is 11.4. The van der Waals surface area contributed by atoms with Gasteiger partial charge >= 0.3 is 0 Å². The molecule has 2 aromatic heterocycles. The molecule has 5 rings (SSSR count). The monoisotopic (exact) mass is 493 g/mol. The van der Waals surface area contributed by atoms with Crippen molar-refractivity contribution in [2.75, 3.05) is 18.4 Å². The molecule has 10 heteroatoms. The zero-order chi connectivity index (χ0) is 25.2. The van der Waals surface area contributed by atoms with Gasteiger partial charge in [0.25, 0.3) is 5.91 Å². The van der Waals surface area contributed by atoms with Crippen molar-refractivity contribution in [1.29, 1.82) is 0 Å². The highest BCUT2D eigenvalue weighted by atomic mass is 19.1. The molecule has 2 amide bonds. The van der Waals surface area contributed by atoms with Crippen LogP contribution in [0.4, 0.5) is 18.9 Å². The maximum Gasteiger partial charge on any atom is 0.259 e. The van der Waals surface area contributed by atoms with E-state index >= 15 is 0 Å². The van der Waals surface area contributed by atoms with Crippen molar-refractivity contribution < 1.29 is 22.8 Å². The maximum absolute atomic E-state index is 14.0. The van der Waals surface area contributed by atoms with Gasteiger partial charge in [0.05, 0.1) is 23.5 Å². The Kier molecular flexibility index (Phi) is 6.32. The number of piperidine rings is 1. The van der Waals surface area contributed by atoms with Crippen molar-refractivity contribution in [1.82, 2.24) is 19.2 Å².